The molecule has 1 aliphatic heterocycles. The Bertz CT molecular complexity index is 880. The largest absolute Gasteiger partial charge is 0.444 e. The zero-order valence-corrected chi connectivity index (χ0v) is 14.6. The second-order valence-corrected chi connectivity index (χ2v) is 6.41. The van der Waals surface area contributed by atoms with E-state index in [-0.39, 0.29) is 30.7 Å². The highest BCUT2D eigenvalue weighted by molar-refractivity contribution is 6.30. The number of benzene rings is 1. The van der Waals surface area contributed by atoms with Gasteiger partial charge in [0.05, 0.1) is 5.92 Å². The lowest BCUT2D eigenvalue weighted by molar-refractivity contribution is -0.122. The minimum atomic E-state index is -0.513. The number of hydrogen-bond donors (Lipinski definition) is 1. The minimum Gasteiger partial charge on any atom is -0.444 e. The summed E-state index contributed by atoms with van der Waals surface area (Å²) >= 11 is 5.86. The maximum Gasteiger partial charge on any atom is 0.232 e. The van der Waals surface area contributed by atoms with Crippen LogP contribution >= 0.6 is 11.6 Å². The molecule has 1 aliphatic rings. The van der Waals surface area contributed by atoms with Crippen molar-refractivity contribution >= 4 is 35.0 Å². The third-order valence-electron chi connectivity index (χ3n) is 4.37. The van der Waals surface area contributed by atoms with Gasteiger partial charge in [-0.1, -0.05) is 11.6 Å². The van der Waals surface area contributed by atoms with E-state index in [0.29, 0.717) is 27.6 Å². The van der Waals surface area contributed by atoms with Crippen molar-refractivity contribution in [3.63, 3.8) is 0 Å². The Labute approximate surface area is 150 Å². The first-order valence-electron chi connectivity index (χ1n) is 7.77. The molecule has 1 fully saturated rings. The van der Waals surface area contributed by atoms with Crippen LogP contribution in [0.3, 0.4) is 0 Å². The molecule has 1 unspecified atom stereocenters. The van der Waals surface area contributed by atoms with Crippen LogP contribution in [-0.2, 0) is 9.59 Å². The van der Waals surface area contributed by atoms with Crippen molar-refractivity contribution in [2.75, 3.05) is 16.8 Å². The number of aryl methyl sites for hydroxylation is 1. The van der Waals surface area contributed by atoms with Gasteiger partial charge < -0.3 is 9.32 Å². The molecule has 0 spiro atoms. The second kappa shape index (κ2) is 6.61. The molecule has 0 aliphatic carbocycles. The molecular formula is C18H16ClN3O3. The molecule has 1 atom stereocenters. The fourth-order valence-corrected chi connectivity index (χ4v) is 2.94. The minimum absolute atomic E-state index is 0.106. The lowest BCUT2D eigenvalue weighted by Gasteiger charge is -2.16. The Balaban J connectivity index is 1.74. The smallest absolute Gasteiger partial charge is 0.232 e. The molecule has 0 radical (unpaired) electrons. The van der Waals surface area contributed by atoms with Crippen molar-refractivity contribution in [1.82, 2.24) is 0 Å². The Kier molecular flexibility index (Phi) is 4.51. The number of halogens is 1. The van der Waals surface area contributed by atoms with Crippen LogP contribution < -0.4 is 10.2 Å². The van der Waals surface area contributed by atoms with Crippen LogP contribution in [0.4, 0.5) is 11.6 Å². The first kappa shape index (κ1) is 17.1. The van der Waals surface area contributed by atoms with E-state index >= 15 is 0 Å². The van der Waals surface area contributed by atoms with Crippen molar-refractivity contribution in [3.8, 4) is 6.07 Å². The molecule has 1 aromatic heterocycles. The molecular weight excluding hydrogens is 342 g/mol. The predicted molar refractivity (Wildman–Crippen MR) is 93.4 cm³/mol. The summed E-state index contributed by atoms with van der Waals surface area (Å²) in [6.07, 6.45) is 0.106. The van der Waals surface area contributed by atoms with E-state index in [1.807, 2.05) is 6.07 Å². The molecule has 6 nitrogen and oxygen atoms in total. The number of carbonyl (C=O) groups is 2. The number of nitrogens with one attached hydrogen (secondary N) is 1. The standard InChI is InChI=1S/C18H16ClN3O3/c1-10-11(2)25-18(15(10)8-20)21-17(24)12-7-16(23)22(9-12)14-5-3-13(19)4-6-14/h3-6,12H,7,9H2,1-2H3,(H,21,24). The number of anilines is 2. The van der Waals surface area contributed by atoms with E-state index in [1.165, 1.54) is 0 Å². The Morgan fingerprint density at radius 3 is 2.68 bits per heavy atom. The molecule has 7 heteroatoms. The van der Waals surface area contributed by atoms with Crippen LogP contribution in [0.25, 0.3) is 0 Å². The zero-order chi connectivity index (χ0) is 18.1. The first-order valence-corrected chi connectivity index (χ1v) is 8.15. The van der Waals surface area contributed by atoms with Crippen LogP contribution in [0, 0.1) is 31.1 Å². The van der Waals surface area contributed by atoms with Crippen molar-refractivity contribution in [2.45, 2.75) is 20.3 Å². The summed E-state index contributed by atoms with van der Waals surface area (Å²) < 4.78 is 5.45. The van der Waals surface area contributed by atoms with Gasteiger partial charge in [0, 0.05) is 29.2 Å². The number of furan rings is 1. The van der Waals surface area contributed by atoms with Gasteiger partial charge in [0.25, 0.3) is 0 Å². The molecule has 1 saturated heterocycles. The summed E-state index contributed by atoms with van der Waals surface area (Å²) in [5, 5.41) is 12.4. The maximum absolute atomic E-state index is 12.5. The van der Waals surface area contributed by atoms with Crippen LogP contribution in [0.1, 0.15) is 23.3 Å². The van der Waals surface area contributed by atoms with Gasteiger partial charge in [0.1, 0.15) is 17.4 Å². The Morgan fingerprint density at radius 2 is 2.04 bits per heavy atom. The number of amides is 2. The summed E-state index contributed by atoms with van der Waals surface area (Å²) in [6, 6.07) is 8.92. The van der Waals surface area contributed by atoms with Gasteiger partial charge in [-0.2, -0.15) is 5.26 Å². The number of rotatable bonds is 3. The lowest BCUT2D eigenvalue weighted by Crippen LogP contribution is -2.28. The molecule has 2 aromatic rings. The van der Waals surface area contributed by atoms with E-state index < -0.39 is 5.92 Å². The zero-order valence-electron chi connectivity index (χ0n) is 13.8. The van der Waals surface area contributed by atoms with Gasteiger partial charge in [-0.25, -0.2) is 0 Å². The fraction of sp³-hybridized carbons (Fsp3) is 0.278. The summed E-state index contributed by atoms with van der Waals surface area (Å²) in [4.78, 5) is 26.3. The molecule has 2 heterocycles. The lowest BCUT2D eigenvalue weighted by atomic mass is 10.1. The molecule has 2 amide bonds. The van der Waals surface area contributed by atoms with E-state index in [4.69, 9.17) is 16.0 Å². The highest BCUT2D eigenvalue weighted by Gasteiger charge is 2.35. The highest BCUT2D eigenvalue weighted by Crippen LogP contribution is 2.29. The third kappa shape index (κ3) is 3.24. The van der Waals surface area contributed by atoms with Crippen LogP contribution in [-0.4, -0.2) is 18.4 Å². The molecule has 0 bridgehead atoms. The van der Waals surface area contributed by atoms with Gasteiger partial charge in [0.15, 0.2) is 0 Å². The van der Waals surface area contributed by atoms with Crippen molar-refractivity contribution in [3.05, 3.63) is 46.2 Å². The van der Waals surface area contributed by atoms with E-state index in [1.54, 1.807) is 43.0 Å². The van der Waals surface area contributed by atoms with Crippen molar-refractivity contribution in [2.24, 2.45) is 5.92 Å². The SMILES string of the molecule is Cc1oc(NC(=O)C2CC(=O)N(c3ccc(Cl)cc3)C2)c(C#N)c1C. The van der Waals surface area contributed by atoms with Gasteiger partial charge in [0.2, 0.25) is 17.7 Å². The van der Waals surface area contributed by atoms with Gasteiger partial charge in [-0.3, -0.25) is 14.9 Å². The Morgan fingerprint density at radius 1 is 1.36 bits per heavy atom. The quantitative estimate of drug-likeness (QED) is 0.911. The Hall–Kier alpha value is -2.78. The topological polar surface area (TPSA) is 86.3 Å². The number of nitrogens with zero attached hydrogens (tertiary/aromatic N) is 2. The molecule has 3 rings (SSSR count). The van der Waals surface area contributed by atoms with E-state index in [9.17, 15) is 14.9 Å². The van der Waals surface area contributed by atoms with E-state index in [0.717, 1.165) is 0 Å². The summed E-state index contributed by atoms with van der Waals surface area (Å²) in [7, 11) is 0. The summed E-state index contributed by atoms with van der Waals surface area (Å²) in [5.41, 5.74) is 1.71. The normalized spacial score (nSPS) is 16.8. The van der Waals surface area contributed by atoms with Gasteiger partial charge in [-0.05, 0) is 38.1 Å². The average molecular weight is 358 g/mol. The molecule has 0 saturated carbocycles. The van der Waals surface area contributed by atoms with Crippen LogP contribution in [0.2, 0.25) is 5.02 Å². The highest BCUT2D eigenvalue weighted by atomic mass is 35.5. The maximum atomic E-state index is 12.5. The number of hydrogen-bond acceptors (Lipinski definition) is 4. The third-order valence-corrected chi connectivity index (χ3v) is 4.62. The fourth-order valence-electron chi connectivity index (χ4n) is 2.82. The first-order chi connectivity index (χ1) is 11.9. The molecule has 25 heavy (non-hydrogen) atoms. The molecule has 1 aromatic carbocycles. The number of carbonyl (C=O) groups excluding carboxylic acids is 2. The van der Waals surface area contributed by atoms with Gasteiger partial charge >= 0.3 is 0 Å². The van der Waals surface area contributed by atoms with Crippen LogP contribution in [0.15, 0.2) is 28.7 Å². The number of nitriles is 1. The summed E-state index contributed by atoms with van der Waals surface area (Å²) in [6.45, 7) is 3.76. The average Bonchev–Trinajstić information content (AvgIpc) is 3.09. The predicted octanol–water partition coefficient (Wildman–Crippen LogP) is 3.41. The molecule has 1 N–H and O–H groups in total. The van der Waals surface area contributed by atoms with E-state index in [2.05, 4.69) is 5.32 Å². The molecule has 128 valence electrons. The van der Waals surface area contributed by atoms with Crippen molar-refractivity contribution < 1.29 is 14.0 Å². The van der Waals surface area contributed by atoms with Gasteiger partial charge in [-0.15, -0.1) is 0 Å². The summed E-state index contributed by atoms with van der Waals surface area (Å²) in [5.74, 6) is -0.262. The van der Waals surface area contributed by atoms with Crippen molar-refractivity contribution in [1.29, 1.82) is 5.26 Å². The second-order valence-electron chi connectivity index (χ2n) is 5.97. The van der Waals surface area contributed by atoms with Crippen LogP contribution in [0.5, 0.6) is 0 Å². The monoisotopic (exact) mass is 357 g/mol.